The number of nitrogens with two attached hydrogens (primary N) is 2. The van der Waals surface area contributed by atoms with Gasteiger partial charge in [0.05, 0.1) is 19.7 Å². The van der Waals surface area contributed by atoms with Crippen molar-refractivity contribution in [2.24, 2.45) is 0 Å². The summed E-state index contributed by atoms with van der Waals surface area (Å²) in [5, 5.41) is 8.93. The first-order chi connectivity index (χ1) is 27.9. The molecule has 4 aliphatic heterocycles. The van der Waals surface area contributed by atoms with Gasteiger partial charge in [0.1, 0.15) is 61.7 Å². The first kappa shape index (κ1) is 38.9. The number of carbonyl (C=O) groups is 6. The smallest absolute Gasteiger partial charge is 0.325 e. The molecule has 0 unspecified atom stereocenters. The normalized spacial score (nSPS) is 15.9. The van der Waals surface area contributed by atoms with E-state index >= 15 is 0 Å². The SMILES string of the molecule is CCOC(=O)CN1CCc2cc(N3CCOc4ncnc(N)c4C3=O)ccc2C1=O.Nc1ncnc2c1C(=O)N(c1ccc3c(c1)CCN(CC(=O)O)C3=O)CCO2. The van der Waals surface area contributed by atoms with Gasteiger partial charge in [-0.3, -0.25) is 28.8 Å². The summed E-state index contributed by atoms with van der Waals surface area (Å²) >= 11 is 0. The number of aliphatic carboxylic acids is 1. The second-order valence-corrected chi connectivity index (χ2v) is 13.3. The Balaban J connectivity index is 0.000000177. The van der Waals surface area contributed by atoms with Gasteiger partial charge < -0.3 is 50.4 Å². The van der Waals surface area contributed by atoms with Gasteiger partial charge in [0.2, 0.25) is 11.8 Å². The van der Waals surface area contributed by atoms with Gasteiger partial charge in [-0.1, -0.05) is 0 Å². The summed E-state index contributed by atoms with van der Waals surface area (Å²) in [4.78, 5) is 95.5. The minimum atomic E-state index is -1.05. The molecule has 0 spiro atoms. The molecule has 20 nitrogen and oxygen atoms in total. The van der Waals surface area contributed by atoms with Crippen LogP contribution in [0.3, 0.4) is 0 Å². The maximum Gasteiger partial charge on any atom is 0.325 e. The molecule has 4 amide bonds. The lowest BCUT2D eigenvalue weighted by molar-refractivity contribution is -0.144. The molecule has 0 saturated carbocycles. The van der Waals surface area contributed by atoms with Crippen molar-refractivity contribution in [3.05, 3.63) is 82.4 Å². The van der Waals surface area contributed by atoms with Crippen LogP contribution in [-0.4, -0.2) is 129 Å². The van der Waals surface area contributed by atoms with Gasteiger partial charge in [-0.15, -0.1) is 0 Å². The molecule has 4 aliphatic rings. The van der Waals surface area contributed by atoms with Crippen molar-refractivity contribution < 1.29 is 48.1 Å². The molecule has 0 radical (unpaired) electrons. The number of esters is 1. The molecule has 6 heterocycles. The van der Waals surface area contributed by atoms with E-state index in [9.17, 15) is 28.8 Å². The standard InChI is InChI=1S/C20H21N5O5.C18H17N5O5/c1-2-29-15(26)10-24-6-5-12-9-13(3-4-14(12)19(24)27)25-7-8-30-18-16(20(25)28)17(21)22-11-23-18;19-15-14-16(21-9-20-15)28-6-5-23(18(14)27)11-1-2-12-10(7-11)3-4-22(17(12)26)8-13(24)25/h3-4,9,11H,2,5-8,10H2,1H3,(H2,21,22,23);1-2,7,9H,3-6,8H2,(H,24,25)(H2,19,20,21). The fourth-order valence-corrected chi connectivity index (χ4v) is 7.03. The number of carboxylic acids is 1. The van der Waals surface area contributed by atoms with Crippen LogP contribution in [0.5, 0.6) is 11.8 Å². The number of carboxylic acid groups (broad SMARTS) is 1. The van der Waals surface area contributed by atoms with Gasteiger partial charge in [0, 0.05) is 35.6 Å². The number of benzene rings is 2. The number of anilines is 4. The fraction of sp³-hybridized carbons (Fsp3) is 0.316. The summed E-state index contributed by atoms with van der Waals surface area (Å²) in [6.45, 7) is 3.35. The van der Waals surface area contributed by atoms with Gasteiger partial charge >= 0.3 is 11.9 Å². The molecule has 5 N–H and O–H groups in total. The zero-order valence-corrected chi connectivity index (χ0v) is 31.3. The highest BCUT2D eigenvalue weighted by Gasteiger charge is 2.33. The van der Waals surface area contributed by atoms with Crippen LogP contribution in [0, 0.1) is 0 Å². The number of ether oxygens (including phenoxy) is 3. The van der Waals surface area contributed by atoms with Crippen LogP contribution >= 0.6 is 0 Å². The van der Waals surface area contributed by atoms with Crippen molar-refractivity contribution in [1.82, 2.24) is 29.7 Å². The van der Waals surface area contributed by atoms with Crippen LogP contribution in [0.25, 0.3) is 0 Å². The number of aromatic nitrogens is 4. The van der Waals surface area contributed by atoms with Crippen LogP contribution in [0.15, 0.2) is 49.1 Å². The lowest BCUT2D eigenvalue weighted by atomic mass is 9.97. The summed E-state index contributed by atoms with van der Waals surface area (Å²) in [7, 11) is 0. The van der Waals surface area contributed by atoms with Crippen molar-refractivity contribution in [2.45, 2.75) is 19.8 Å². The highest BCUT2D eigenvalue weighted by atomic mass is 16.5. The molecular formula is C38H38N10O10. The minimum absolute atomic E-state index is 0.0411. The van der Waals surface area contributed by atoms with E-state index < -0.39 is 11.9 Å². The lowest BCUT2D eigenvalue weighted by Crippen LogP contribution is -2.41. The molecule has 0 atom stereocenters. The molecule has 0 fully saturated rings. The number of hydrogen-bond acceptors (Lipinski definition) is 15. The number of amides is 4. The van der Waals surface area contributed by atoms with E-state index in [4.69, 9.17) is 30.8 Å². The van der Waals surface area contributed by atoms with Crippen molar-refractivity contribution in [1.29, 1.82) is 0 Å². The number of carbonyl (C=O) groups excluding carboxylic acids is 5. The zero-order chi connectivity index (χ0) is 41.1. The Kier molecular flexibility index (Phi) is 11.0. The summed E-state index contributed by atoms with van der Waals surface area (Å²) in [5.74, 6) is -2.37. The largest absolute Gasteiger partial charge is 0.480 e. The average Bonchev–Trinajstić information content (AvgIpc) is 3.48. The number of nitrogen functional groups attached to an aromatic ring is 2. The molecular weight excluding hydrogens is 756 g/mol. The number of fused-ring (bicyclic) bond motifs is 4. The minimum Gasteiger partial charge on any atom is -0.480 e. The summed E-state index contributed by atoms with van der Waals surface area (Å²) in [6, 6.07) is 10.2. The summed E-state index contributed by atoms with van der Waals surface area (Å²) in [5.41, 5.74) is 15.7. The van der Waals surface area contributed by atoms with Crippen LogP contribution in [0.2, 0.25) is 0 Å². The third-order valence-corrected chi connectivity index (χ3v) is 9.80. The third-order valence-electron chi connectivity index (χ3n) is 9.80. The highest BCUT2D eigenvalue weighted by molar-refractivity contribution is 6.12. The number of rotatable bonds is 7. The summed E-state index contributed by atoms with van der Waals surface area (Å²) < 4.78 is 16.0. The van der Waals surface area contributed by atoms with E-state index in [2.05, 4.69) is 19.9 Å². The number of hydrogen-bond donors (Lipinski definition) is 3. The molecule has 2 aromatic carbocycles. The Morgan fingerprint density at radius 1 is 0.690 bits per heavy atom. The number of nitrogens with zero attached hydrogens (tertiary/aromatic N) is 8. The molecule has 20 heteroatoms. The van der Waals surface area contributed by atoms with Gasteiger partial charge in [0.25, 0.3) is 23.6 Å². The van der Waals surface area contributed by atoms with E-state index in [1.165, 1.54) is 27.4 Å². The molecule has 58 heavy (non-hydrogen) atoms. The molecule has 2 aromatic heterocycles. The predicted octanol–water partition coefficient (Wildman–Crippen LogP) is 0.840. The van der Waals surface area contributed by atoms with Crippen molar-refractivity contribution in [3.63, 3.8) is 0 Å². The maximum atomic E-state index is 13.1. The molecule has 0 bridgehead atoms. The van der Waals surface area contributed by atoms with E-state index in [0.717, 1.165) is 11.1 Å². The van der Waals surface area contributed by atoms with E-state index in [1.54, 1.807) is 42.2 Å². The van der Waals surface area contributed by atoms with E-state index in [-0.39, 0.29) is 97.6 Å². The molecule has 300 valence electrons. The van der Waals surface area contributed by atoms with E-state index in [1.807, 2.05) is 6.07 Å². The average molecular weight is 795 g/mol. The maximum absolute atomic E-state index is 13.1. The lowest BCUT2D eigenvalue weighted by Gasteiger charge is -2.29. The van der Waals surface area contributed by atoms with E-state index in [0.29, 0.717) is 55.0 Å². The van der Waals surface area contributed by atoms with Gasteiger partial charge in [0.15, 0.2) is 0 Å². The first-order valence-corrected chi connectivity index (χ1v) is 18.3. The summed E-state index contributed by atoms with van der Waals surface area (Å²) in [6.07, 6.45) is 3.56. The molecule has 4 aromatic rings. The molecule has 0 saturated heterocycles. The second kappa shape index (κ2) is 16.4. The molecule has 0 aliphatic carbocycles. The highest BCUT2D eigenvalue weighted by Crippen LogP contribution is 2.32. The Bertz CT molecular complexity index is 2340. The van der Waals surface area contributed by atoms with Crippen LogP contribution in [-0.2, 0) is 27.2 Å². The topological polar surface area (TPSA) is 267 Å². The van der Waals surface area contributed by atoms with Crippen LogP contribution in [0.4, 0.5) is 23.0 Å². The quantitative estimate of drug-likeness (QED) is 0.219. The first-order valence-electron chi connectivity index (χ1n) is 18.3. The third kappa shape index (κ3) is 7.71. The van der Waals surface area contributed by atoms with Crippen LogP contribution in [0.1, 0.15) is 59.5 Å². The Labute approximate surface area is 330 Å². The fourth-order valence-electron chi connectivity index (χ4n) is 7.03. The Morgan fingerprint density at radius 2 is 1.16 bits per heavy atom. The second-order valence-electron chi connectivity index (χ2n) is 13.3. The Morgan fingerprint density at radius 3 is 1.60 bits per heavy atom. The van der Waals surface area contributed by atoms with Crippen LogP contribution < -0.4 is 30.7 Å². The van der Waals surface area contributed by atoms with Crippen molar-refractivity contribution in [3.8, 4) is 11.8 Å². The Hall–Kier alpha value is -7.38. The predicted molar refractivity (Wildman–Crippen MR) is 204 cm³/mol. The van der Waals surface area contributed by atoms with Crippen molar-refractivity contribution >= 4 is 58.6 Å². The zero-order valence-electron chi connectivity index (χ0n) is 31.3. The van der Waals surface area contributed by atoms with Gasteiger partial charge in [-0.05, 0) is 67.3 Å². The van der Waals surface area contributed by atoms with Gasteiger partial charge in [-0.2, -0.15) is 0 Å². The monoisotopic (exact) mass is 794 g/mol. The molecule has 8 rings (SSSR count). The van der Waals surface area contributed by atoms with Gasteiger partial charge in [-0.25, -0.2) is 19.9 Å². The van der Waals surface area contributed by atoms with Crippen molar-refractivity contribution in [2.75, 3.05) is 80.4 Å².